The minimum atomic E-state index is -1.07. The third-order valence-corrected chi connectivity index (χ3v) is 2.48. The SMILES string of the molecule is O=C(O)C1COCCN1C(=O)c1cncnc1. The molecule has 90 valence electrons. The van der Waals surface area contributed by atoms with Crippen LogP contribution in [0.15, 0.2) is 18.7 Å². The molecule has 2 rings (SSSR count). The quantitative estimate of drug-likeness (QED) is 0.738. The third kappa shape index (κ3) is 2.39. The summed E-state index contributed by atoms with van der Waals surface area (Å²) in [7, 11) is 0. The number of carboxylic acid groups (broad SMARTS) is 1. The number of carboxylic acids is 1. The van der Waals surface area contributed by atoms with E-state index in [1.807, 2.05) is 0 Å². The summed E-state index contributed by atoms with van der Waals surface area (Å²) in [5.41, 5.74) is 0.278. The molecule has 2 heterocycles. The Morgan fingerprint density at radius 2 is 2.12 bits per heavy atom. The highest BCUT2D eigenvalue weighted by molar-refractivity contribution is 5.96. The molecule has 1 aromatic heterocycles. The molecule has 1 aliphatic rings. The fraction of sp³-hybridized carbons (Fsp3) is 0.400. The molecule has 1 N–H and O–H groups in total. The summed E-state index contributed by atoms with van der Waals surface area (Å²) in [6.07, 6.45) is 4.04. The summed E-state index contributed by atoms with van der Waals surface area (Å²) in [5, 5.41) is 9.00. The average Bonchev–Trinajstić information content (AvgIpc) is 2.39. The molecule has 0 radical (unpaired) electrons. The molecule has 1 aliphatic heterocycles. The van der Waals surface area contributed by atoms with E-state index < -0.39 is 12.0 Å². The monoisotopic (exact) mass is 237 g/mol. The first-order valence-corrected chi connectivity index (χ1v) is 5.06. The van der Waals surface area contributed by atoms with Gasteiger partial charge in [-0.15, -0.1) is 0 Å². The zero-order valence-electron chi connectivity index (χ0n) is 8.94. The van der Waals surface area contributed by atoms with Crippen LogP contribution < -0.4 is 0 Å². The summed E-state index contributed by atoms with van der Waals surface area (Å²) in [4.78, 5) is 31.8. The number of rotatable bonds is 2. The summed E-state index contributed by atoms with van der Waals surface area (Å²) < 4.78 is 5.05. The Morgan fingerprint density at radius 1 is 1.41 bits per heavy atom. The van der Waals surface area contributed by atoms with Crippen LogP contribution in [-0.2, 0) is 9.53 Å². The fourth-order valence-electron chi connectivity index (χ4n) is 1.63. The van der Waals surface area contributed by atoms with Crippen molar-refractivity contribution in [2.45, 2.75) is 6.04 Å². The van der Waals surface area contributed by atoms with Crippen molar-refractivity contribution in [1.29, 1.82) is 0 Å². The molecule has 0 aliphatic carbocycles. The van der Waals surface area contributed by atoms with Crippen LogP contribution in [0, 0.1) is 0 Å². The van der Waals surface area contributed by atoms with Crippen LogP contribution in [0.4, 0.5) is 0 Å². The van der Waals surface area contributed by atoms with Crippen molar-refractivity contribution in [3.05, 3.63) is 24.3 Å². The van der Waals surface area contributed by atoms with Gasteiger partial charge in [0, 0.05) is 18.9 Å². The fourth-order valence-corrected chi connectivity index (χ4v) is 1.63. The average molecular weight is 237 g/mol. The van der Waals surface area contributed by atoms with Crippen LogP contribution in [0.5, 0.6) is 0 Å². The first-order valence-electron chi connectivity index (χ1n) is 5.06. The van der Waals surface area contributed by atoms with Gasteiger partial charge in [-0.1, -0.05) is 0 Å². The van der Waals surface area contributed by atoms with E-state index in [2.05, 4.69) is 9.97 Å². The number of ether oxygens (including phenoxy) is 1. The maximum Gasteiger partial charge on any atom is 0.328 e. The Kier molecular flexibility index (Phi) is 3.29. The van der Waals surface area contributed by atoms with Gasteiger partial charge < -0.3 is 14.7 Å². The lowest BCUT2D eigenvalue weighted by molar-refractivity contribution is -0.147. The number of carbonyl (C=O) groups is 2. The second-order valence-electron chi connectivity index (χ2n) is 3.55. The van der Waals surface area contributed by atoms with E-state index in [0.29, 0.717) is 6.61 Å². The van der Waals surface area contributed by atoms with Gasteiger partial charge in [0.15, 0.2) is 6.04 Å². The molecule has 1 saturated heterocycles. The summed E-state index contributed by atoms with van der Waals surface area (Å²) in [5.74, 6) is -1.46. The second kappa shape index (κ2) is 4.88. The minimum absolute atomic E-state index is 0.00869. The van der Waals surface area contributed by atoms with E-state index in [1.54, 1.807) is 0 Å². The van der Waals surface area contributed by atoms with Gasteiger partial charge >= 0.3 is 5.97 Å². The predicted octanol–water partition coefficient (Wildman–Crippen LogP) is -0.598. The molecule has 0 spiro atoms. The highest BCUT2D eigenvalue weighted by atomic mass is 16.5. The van der Waals surface area contributed by atoms with Crippen LogP contribution in [0.2, 0.25) is 0 Å². The third-order valence-electron chi connectivity index (χ3n) is 2.48. The molecular formula is C10H11N3O4. The molecule has 1 aromatic rings. The van der Waals surface area contributed by atoms with Gasteiger partial charge in [-0.3, -0.25) is 4.79 Å². The van der Waals surface area contributed by atoms with Gasteiger partial charge in [0.05, 0.1) is 18.8 Å². The summed E-state index contributed by atoms with van der Waals surface area (Å²) >= 11 is 0. The van der Waals surface area contributed by atoms with Crippen molar-refractivity contribution in [2.24, 2.45) is 0 Å². The lowest BCUT2D eigenvalue weighted by Gasteiger charge is -2.32. The largest absolute Gasteiger partial charge is 0.480 e. The number of hydrogen-bond acceptors (Lipinski definition) is 5. The molecular weight excluding hydrogens is 226 g/mol. The standard InChI is InChI=1S/C10H11N3O4/c14-9(7-3-11-6-12-4-7)13-1-2-17-5-8(13)10(15)16/h3-4,6,8H,1-2,5H2,(H,15,16). The maximum atomic E-state index is 12.0. The Balaban J connectivity index is 2.20. The number of amides is 1. The van der Waals surface area contributed by atoms with Gasteiger partial charge in [-0.05, 0) is 0 Å². The van der Waals surface area contributed by atoms with E-state index in [9.17, 15) is 9.59 Å². The molecule has 7 nitrogen and oxygen atoms in total. The molecule has 1 atom stereocenters. The molecule has 1 fully saturated rings. The molecule has 1 amide bonds. The number of aromatic nitrogens is 2. The highest BCUT2D eigenvalue weighted by Crippen LogP contribution is 2.11. The number of morpholine rings is 1. The number of hydrogen-bond donors (Lipinski definition) is 1. The smallest absolute Gasteiger partial charge is 0.328 e. The predicted molar refractivity (Wildman–Crippen MR) is 55.3 cm³/mol. The lowest BCUT2D eigenvalue weighted by atomic mass is 10.2. The van der Waals surface area contributed by atoms with Gasteiger partial charge in [0.25, 0.3) is 5.91 Å². The van der Waals surface area contributed by atoms with Crippen LogP contribution in [0.25, 0.3) is 0 Å². The Hall–Kier alpha value is -2.02. The molecule has 1 unspecified atom stereocenters. The first kappa shape index (κ1) is 11.5. The Bertz CT molecular complexity index is 423. The van der Waals surface area contributed by atoms with E-state index in [1.165, 1.54) is 23.6 Å². The second-order valence-corrected chi connectivity index (χ2v) is 3.55. The zero-order valence-corrected chi connectivity index (χ0v) is 8.94. The van der Waals surface area contributed by atoms with E-state index >= 15 is 0 Å². The van der Waals surface area contributed by atoms with Crippen molar-refractivity contribution >= 4 is 11.9 Å². The van der Waals surface area contributed by atoms with E-state index in [0.717, 1.165) is 0 Å². The van der Waals surface area contributed by atoms with Crippen LogP contribution in [0.3, 0.4) is 0 Å². The Labute approximate surface area is 97.0 Å². The van der Waals surface area contributed by atoms with Crippen molar-refractivity contribution in [2.75, 3.05) is 19.8 Å². The van der Waals surface area contributed by atoms with Gasteiger partial charge in [-0.2, -0.15) is 0 Å². The molecule has 0 saturated carbocycles. The van der Waals surface area contributed by atoms with E-state index in [4.69, 9.17) is 9.84 Å². The minimum Gasteiger partial charge on any atom is -0.480 e. The number of aliphatic carboxylic acids is 1. The molecule has 7 heteroatoms. The van der Waals surface area contributed by atoms with Gasteiger partial charge in [0.1, 0.15) is 6.33 Å². The normalized spacial score (nSPS) is 20.0. The van der Waals surface area contributed by atoms with Gasteiger partial charge in [0.2, 0.25) is 0 Å². The van der Waals surface area contributed by atoms with Crippen molar-refractivity contribution in [3.8, 4) is 0 Å². The van der Waals surface area contributed by atoms with Crippen molar-refractivity contribution in [1.82, 2.24) is 14.9 Å². The molecule has 17 heavy (non-hydrogen) atoms. The first-order chi connectivity index (χ1) is 8.20. The van der Waals surface area contributed by atoms with Crippen molar-refractivity contribution in [3.63, 3.8) is 0 Å². The summed E-state index contributed by atoms with van der Waals surface area (Å²) in [6, 6.07) is -0.948. The molecule has 0 aromatic carbocycles. The summed E-state index contributed by atoms with van der Waals surface area (Å²) in [6.45, 7) is 0.600. The zero-order chi connectivity index (χ0) is 12.3. The van der Waals surface area contributed by atoms with Crippen LogP contribution in [0.1, 0.15) is 10.4 Å². The van der Waals surface area contributed by atoms with Crippen LogP contribution >= 0.6 is 0 Å². The lowest BCUT2D eigenvalue weighted by Crippen LogP contribution is -2.52. The molecule has 0 bridgehead atoms. The maximum absolute atomic E-state index is 12.0. The van der Waals surface area contributed by atoms with Crippen molar-refractivity contribution < 1.29 is 19.4 Å². The Morgan fingerprint density at radius 3 is 2.76 bits per heavy atom. The van der Waals surface area contributed by atoms with Crippen LogP contribution in [-0.4, -0.2) is 57.7 Å². The number of carbonyl (C=O) groups excluding carboxylic acids is 1. The van der Waals surface area contributed by atoms with E-state index in [-0.39, 0.29) is 24.6 Å². The highest BCUT2D eigenvalue weighted by Gasteiger charge is 2.33. The number of nitrogens with zero attached hydrogens (tertiary/aromatic N) is 3. The van der Waals surface area contributed by atoms with Gasteiger partial charge in [-0.25, -0.2) is 14.8 Å². The topological polar surface area (TPSA) is 92.6 Å².